The Morgan fingerprint density at radius 3 is 1.65 bits per heavy atom. The number of hydrogen-bond donors (Lipinski definition) is 0. The summed E-state index contributed by atoms with van der Waals surface area (Å²) >= 11 is 0. The van der Waals surface area contributed by atoms with E-state index in [9.17, 15) is 4.39 Å². The van der Waals surface area contributed by atoms with Gasteiger partial charge in [0, 0.05) is 52.5 Å². The molecule has 0 amide bonds. The van der Waals surface area contributed by atoms with Crippen molar-refractivity contribution in [3.05, 3.63) is 161 Å². The summed E-state index contributed by atoms with van der Waals surface area (Å²) in [4.78, 5) is 7.74. The summed E-state index contributed by atoms with van der Waals surface area (Å²) in [5.74, 6) is 2.62. The Labute approximate surface area is 309 Å². The van der Waals surface area contributed by atoms with E-state index in [2.05, 4.69) is 48.9 Å². The van der Waals surface area contributed by atoms with Crippen LogP contribution in [-0.2, 0) is 28.2 Å². The van der Waals surface area contributed by atoms with E-state index in [4.69, 9.17) is 9.68 Å². The number of benzene rings is 2. The van der Waals surface area contributed by atoms with Crippen LogP contribution in [0.4, 0.5) is 4.39 Å². The Kier molecular flexibility index (Phi) is 22.8. The molecule has 0 spiro atoms. The van der Waals surface area contributed by atoms with E-state index in [-0.39, 0.29) is 13.2 Å². The normalized spacial score (nSPS) is 8.98. The van der Waals surface area contributed by atoms with Crippen molar-refractivity contribution in [1.82, 2.24) is 43.9 Å². The minimum absolute atomic E-state index is 0. The average molecular weight is 711 g/mol. The van der Waals surface area contributed by atoms with E-state index in [1.807, 2.05) is 130 Å². The zero-order valence-corrected chi connectivity index (χ0v) is 31.7. The third-order valence-corrected chi connectivity index (χ3v) is 6.66. The molecule has 0 saturated carbocycles. The number of nitriles is 1. The fraction of sp³-hybridized carbons (Fsp3) is 0.300. The molecule has 7 rings (SSSR count). The van der Waals surface area contributed by atoms with Crippen LogP contribution in [-0.4, -0.2) is 43.9 Å². The van der Waals surface area contributed by atoms with Crippen molar-refractivity contribution in [3.63, 3.8) is 0 Å². The molecule has 0 unspecified atom stereocenters. The molecule has 0 saturated heterocycles. The van der Waals surface area contributed by atoms with Crippen LogP contribution in [0.5, 0.6) is 0 Å². The molecule has 5 aromatic heterocycles. The topological polar surface area (TPSA) is 121 Å². The first-order valence-corrected chi connectivity index (χ1v) is 16.1. The van der Waals surface area contributed by atoms with Crippen LogP contribution < -0.4 is 0 Å². The summed E-state index contributed by atoms with van der Waals surface area (Å²) in [6, 6.07) is 24.6. The lowest BCUT2D eigenvalue weighted by Crippen LogP contribution is -1.91. The Morgan fingerprint density at radius 1 is 0.731 bits per heavy atom. The van der Waals surface area contributed by atoms with E-state index in [1.54, 1.807) is 45.8 Å². The molecule has 7 aromatic rings. The maximum atomic E-state index is 12.6. The molecule has 0 aliphatic carbocycles. The van der Waals surface area contributed by atoms with Gasteiger partial charge >= 0.3 is 0 Å². The maximum absolute atomic E-state index is 12.6. The molecular weight excluding hydrogens is 656 g/mol. The summed E-state index contributed by atoms with van der Waals surface area (Å²) in [6.07, 6.45) is 10.6. The molecule has 11 nitrogen and oxygen atoms in total. The number of hydrogen-bond acceptors (Lipinski definition) is 7. The van der Waals surface area contributed by atoms with Crippen LogP contribution in [0.2, 0.25) is 0 Å². The zero-order chi connectivity index (χ0) is 38.2. The highest BCUT2D eigenvalue weighted by molar-refractivity contribution is 5.30. The fourth-order valence-corrected chi connectivity index (χ4v) is 3.38. The van der Waals surface area contributed by atoms with E-state index in [0.29, 0.717) is 5.56 Å². The van der Waals surface area contributed by atoms with Crippen molar-refractivity contribution in [2.45, 2.75) is 55.9 Å². The first-order valence-electron chi connectivity index (χ1n) is 16.1. The van der Waals surface area contributed by atoms with E-state index >= 15 is 0 Å². The van der Waals surface area contributed by atoms with Gasteiger partial charge in [0.1, 0.15) is 35.9 Å². The summed E-state index contributed by atoms with van der Waals surface area (Å²) < 4.78 is 24.6. The van der Waals surface area contributed by atoms with Crippen LogP contribution in [0.15, 0.2) is 115 Å². The number of aromatic nitrogens is 9. The predicted molar refractivity (Wildman–Crippen MR) is 207 cm³/mol. The molecule has 0 bridgehead atoms. The Bertz CT molecular complexity index is 1810. The lowest BCUT2D eigenvalue weighted by Gasteiger charge is -1.94. The third-order valence-electron chi connectivity index (χ3n) is 6.66. The second-order valence-corrected chi connectivity index (χ2v) is 11.3. The van der Waals surface area contributed by atoms with E-state index in [0.717, 1.165) is 28.5 Å². The second kappa shape index (κ2) is 25.8. The van der Waals surface area contributed by atoms with Gasteiger partial charge in [0.2, 0.25) is 0 Å². The minimum Gasteiger partial charge on any atom is -0.470 e. The van der Waals surface area contributed by atoms with Gasteiger partial charge < -0.3 is 8.98 Å². The molecule has 2 aromatic carbocycles. The minimum atomic E-state index is -0.116. The molecule has 0 aliphatic rings. The molecule has 12 heteroatoms. The van der Waals surface area contributed by atoms with Crippen molar-refractivity contribution >= 4 is 0 Å². The van der Waals surface area contributed by atoms with Gasteiger partial charge in [-0.1, -0.05) is 37.3 Å². The van der Waals surface area contributed by atoms with Crippen molar-refractivity contribution in [2.24, 2.45) is 28.2 Å². The smallest absolute Gasteiger partial charge is 0.147 e. The SMILES string of the molecule is C.Cc1ccc(C#N)cc1.Cc1ccc(C)c(F)c1.Cc1cccn1C.Cc1ccco1.Cc1ncn(C)n1.Cc1ncnn1C.Cn1cccn1. The highest BCUT2D eigenvalue weighted by Crippen LogP contribution is 2.07. The van der Waals surface area contributed by atoms with Crippen molar-refractivity contribution in [1.29, 1.82) is 5.26 Å². The van der Waals surface area contributed by atoms with Gasteiger partial charge in [-0.25, -0.2) is 14.4 Å². The van der Waals surface area contributed by atoms with Crippen LogP contribution in [0.1, 0.15) is 52.8 Å². The summed E-state index contributed by atoms with van der Waals surface area (Å²) in [7, 11) is 7.64. The number of halogens is 1. The zero-order valence-electron chi connectivity index (χ0n) is 31.7. The first kappa shape index (κ1) is 45.9. The standard InChI is InChI=1S/C8H9F.C8H7N.C6H9N.C5H6O.2C4H7N3.C4H6N2.CH4/c1-6-3-4-7(2)8(9)5-6;1-7-2-4-8(6-9)5-3-7;1-6-4-3-5-7(6)2;1-5-3-2-4-6-5;1-4-5-3-7(2)6-4;1-4-5-3-6-7(4)2;1-6-4-2-3-5-6;/h3-5H,1-2H3;2-5H,1H3;3-5H,1-2H3;2-4H,1H3;2*3H,1-2H3;2-4H,1H3;1H4. The molecule has 0 fully saturated rings. The molecule has 0 atom stereocenters. The van der Waals surface area contributed by atoms with Gasteiger partial charge in [-0.15, -0.1) is 0 Å². The lowest BCUT2D eigenvalue weighted by molar-refractivity contribution is 0.534. The van der Waals surface area contributed by atoms with Gasteiger partial charge in [-0.2, -0.15) is 20.6 Å². The van der Waals surface area contributed by atoms with Gasteiger partial charge in [0.25, 0.3) is 0 Å². The van der Waals surface area contributed by atoms with Gasteiger partial charge in [-0.3, -0.25) is 14.0 Å². The highest BCUT2D eigenvalue weighted by Gasteiger charge is 1.93. The van der Waals surface area contributed by atoms with Crippen molar-refractivity contribution in [2.75, 3.05) is 0 Å². The van der Waals surface area contributed by atoms with E-state index < -0.39 is 0 Å². The molecule has 52 heavy (non-hydrogen) atoms. The number of furan rings is 1. The molecule has 0 aliphatic heterocycles. The third kappa shape index (κ3) is 21.1. The Balaban J connectivity index is 0.000000585. The number of rotatable bonds is 0. The summed E-state index contributed by atoms with van der Waals surface area (Å²) in [6.45, 7) is 13.4. The largest absolute Gasteiger partial charge is 0.470 e. The average Bonchev–Trinajstić information content (AvgIpc) is 3.97. The predicted octanol–water partition coefficient (Wildman–Crippen LogP) is 8.53. The summed E-state index contributed by atoms with van der Waals surface area (Å²) in [5, 5.41) is 20.0. The van der Waals surface area contributed by atoms with Crippen LogP contribution >= 0.6 is 0 Å². The molecule has 0 radical (unpaired) electrons. The highest BCUT2D eigenvalue weighted by atomic mass is 19.1. The van der Waals surface area contributed by atoms with Crippen molar-refractivity contribution < 1.29 is 8.81 Å². The maximum Gasteiger partial charge on any atom is 0.147 e. The lowest BCUT2D eigenvalue weighted by atomic mass is 10.2. The molecule has 5 heterocycles. The quantitative estimate of drug-likeness (QED) is 0.155. The molecular formula is C40H55FN10O. The number of aryl methyl sites for hydroxylation is 11. The van der Waals surface area contributed by atoms with Gasteiger partial charge in [0.05, 0.1) is 17.9 Å². The van der Waals surface area contributed by atoms with Crippen LogP contribution in [0, 0.1) is 65.6 Å². The fourth-order valence-electron chi connectivity index (χ4n) is 3.38. The van der Waals surface area contributed by atoms with Gasteiger partial charge in [-0.05, 0) is 108 Å². The monoisotopic (exact) mass is 710 g/mol. The molecule has 0 N–H and O–H groups in total. The van der Waals surface area contributed by atoms with Crippen molar-refractivity contribution in [3.8, 4) is 6.07 Å². The van der Waals surface area contributed by atoms with Crippen LogP contribution in [0.25, 0.3) is 0 Å². The second-order valence-electron chi connectivity index (χ2n) is 11.3. The van der Waals surface area contributed by atoms with Crippen LogP contribution in [0.3, 0.4) is 0 Å². The first-order chi connectivity index (χ1) is 24.2. The number of nitrogens with zero attached hydrogens (tertiary/aromatic N) is 10. The van der Waals surface area contributed by atoms with E-state index in [1.165, 1.54) is 23.7 Å². The Hall–Kier alpha value is -6.09. The Morgan fingerprint density at radius 2 is 1.40 bits per heavy atom. The molecule has 278 valence electrons. The summed E-state index contributed by atoms with van der Waals surface area (Å²) in [5.41, 5.74) is 4.90. The van der Waals surface area contributed by atoms with Gasteiger partial charge in [0.15, 0.2) is 0 Å².